The van der Waals surface area contributed by atoms with E-state index in [2.05, 4.69) is 58.9 Å². The summed E-state index contributed by atoms with van der Waals surface area (Å²) in [5.41, 5.74) is 2.41. The van der Waals surface area contributed by atoms with Crippen molar-refractivity contribution >= 4 is 12.6 Å². The van der Waals surface area contributed by atoms with Crippen LogP contribution >= 0.6 is 0 Å². The molecule has 0 amide bonds. The van der Waals surface area contributed by atoms with Crippen molar-refractivity contribution in [2.75, 3.05) is 0 Å². The Morgan fingerprint density at radius 2 is 1.53 bits per heavy atom. The van der Waals surface area contributed by atoms with Crippen molar-refractivity contribution in [3.05, 3.63) is 29.8 Å². The molecule has 2 aliphatic rings. The van der Waals surface area contributed by atoms with Crippen LogP contribution in [0.3, 0.4) is 0 Å². The van der Waals surface area contributed by atoms with E-state index < -0.39 is 0 Å². The van der Waals surface area contributed by atoms with Gasteiger partial charge in [0.25, 0.3) is 0 Å². The molecule has 0 bridgehead atoms. The van der Waals surface area contributed by atoms with Gasteiger partial charge in [0.1, 0.15) is 0 Å². The Bertz CT molecular complexity index is 487. The molecular formula is C16H23BO2. The lowest BCUT2D eigenvalue weighted by molar-refractivity contribution is 0.00578. The number of rotatable bonds is 2. The third-order valence-electron chi connectivity index (χ3n) is 5.11. The van der Waals surface area contributed by atoms with Gasteiger partial charge in [0, 0.05) is 0 Å². The highest BCUT2D eigenvalue weighted by molar-refractivity contribution is 6.62. The van der Waals surface area contributed by atoms with E-state index in [4.69, 9.17) is 9.31 Å². The molecule has 1 aliphatic heterocycles. The third kappa shape index (κ3) is 2.13. The van der Waals surface area contributed by atoms with Gasteiger partial charge in [-0.25, -0.2) is 0 Å². The van der Waals surface area contributed by atoms with E-state index in [1.54, 1.807) is 0 Å². The highest BCUT2D eigenvalue weighted by Crippen LogP contribution is 2.47. The van der Waals surface area contributed by atoms with Crippen LogP contribution in [0.1, 0.15) is 53.0 Å². The molecule has 1 saturated heterocycles. The van der Waals surface area contributed by atoms with Gasteiger partial charge in [-0.1, -0.05) is 31.2 Å². The van der Waals surface area contributed by atoms with Crippen LogP contribution in [0.2, 0.25) is 0 Å². The normalized spacial score (nSPS) is 26.5. The first-order chi connectivity index (χ1) is 8.74. The first kappa shape index (κ1) is 13.2. The summed E-state index contributed by atoms with van der Waals surface area (Å²) in [5, 5.41) is 0. The van der Waals surface area contributed by atoms with Crippen LogP contribution in [0.15, 0.2) is 24.3 Å². The molecule has 0 radical (unpaired) electrons. The molecule has 3 heteroatoms. The summed E-state index contributed by atoms with van der Waals surface area (Å²) >= 11 is 0. The minimum Gasteiger partial charge on any atom is -0.399 e. The predicted molar refractivity (Wildman–Crippen MR) is 78.7 cm³/mol. The van der Waals surface area contributed by atoms with E-state index in [0.717, 1.165) is 5.46 Å². The van der Waals surface area contributed by atoms with Crippen LogP contribution < -0.4 is 5.46 Å². The molecule has 19 heavy (non-hydrogen) atoms. The Labute approximate surface area is 116 Å². The van der Waals surface area contributed by atoms with Crippen LogP contribution in [0, 0.1) is 0 Å². The van der Waals surface area contributed by atoms with Gasteiger partial charge in [0.05, 0.1) is 11.2 Å². The van der Waals surface area contributed by atoms with E-state index in [9.17, 15) is 0 Å². The summed E-state index contributed by atoms with van der Waals surface area (Å²) in [7, 11) is -0.243. The van der Waals surface area contributed by atoms with Gasteiger partial charge in [0.2, 0.25) is 0 Å². The van der Waals surface area contributed by atoms with E-state index in [1.807, 2.05) is 0 Å². The molecular weight excluding hydrogens is 235 g/mol. The fourth-order valence-electron chi connectivity index (χ4n) is 2.52. The van der Waals surface area contributed by atoms with Gasteiger partial charge in [-0.15, -0.1) is 0 Å². The lowest BCUT2D eigenvalue weighted by Gasteiger charge is -2.32. The standard InChI is InChI=1S/C16H23BO2/c1-14(2)15(3,4)19-17(18-14)13-8-6-7-12(11-13)16(5)9-10-16/h6-8,11H,9-10H2,1-5H3. The zero-order valence-corrected chi connectivity index (χ0v) is 12.6. The van der Waals surface area contributed by atoms with Crippen molar-refractivity contribution in [2.24, 2.45) is 0 Å². The Balaban J connectivity index is 1.88. The third-order valence-corrected chi connectivity index (χ3v) is 5.11. The smallest absolute Gasteiger partial charge is 0.399 e. The molecule has 1 saturated carbocycles. The minimum atomic E-state index is -0.267. The van der Waals surface area contributed by atoms with Crippen molar-refractivity contribution in [1.82, 2.24) is 0 Å². The molecule has 3 rings (SSSR count). The van der Waals surface area contributed by atoms with Crippen LogP contribution in [0.25, 0.3) is 0 Å². The zero-order chi connectivity index (χ0) is 13.9. The molecule has 0 spiro atoms. The molecule has 2 fully saturated rings. The number of hydrogen-bond donors (Lipinski definition) is 0. The Morgan fingerprint density at radius 3 is 2.05 bits per heavy atom. The number of hydrogen-bond acceptors (Lipinski definition) is 2. The van der Waals surface area contributed by atoms with Gasteiger partial charge in [-0.2, -0.15) is 0 Å². The molecule has 0 N–H and O–H groups in total. The molecule has 0 unspecified atom stereocenters. The molecule has 1 heterocycles. The maximum Gasteiger partial charge on any atom is 0.494 e. The maximum atomic E-state index is 6.12. The minimum absolute atomic E-state index is 0.243. The van der Waals surface area contributed by atoms with Crippen LogP contribution in [-0.2, 0) is 14.7 Å². The van der Waals surface area contributed by atoms with Crippen LogP contribution in [0.5, 0.6) is 0 Å². The van der Waals surface area contributed by atoms with E-state index in [0.29, 0.717) is 5.41 Å². The van der Waals surface area contributed by atoms with Gasteiger partial charge in [-0.05, 0) is 57.0 Å². The lowest BCUT2D eigenvalue weighted by Crippen LogP contribution is -2.41. The molecule has 1 aromatic carbocycles. The Morgan fingerprint density at radius 1 is 0.947 bits per heavy atom. The van der Waals surface area contributed by atoms with E-state index in [-0.39, 0.29) is 18.3 Å². The van der Waals surface area contributed by atoms with Crippen LogP contribution in [-0.4, -0.2) is 18.3 Å². The highest BCUT2D eigenvalue weighted by atomic mass is 16.7. The second-order valence-electron chi connectivity index (χ2n) is 7.27. The molecule has 0 aromatic heterocycles. The Hall–Kier alpha value is -0.795. The second kappa shape index (κ2) is 3.86. The average molecular weight is 258 g/mol. The summed E-state index contributed by atoms with van der Waals surface area (Å²) < 4.78 is 12.2. The Kier molecular flexibility index (Phi) is 2.68. The van der Waals surface area contributed by atoms with Crippen molar-refractivity contribution in [1.29, 1.82) is 0 Å². The monoisotopic (exact) mass is 258 g/mol. The summed E-state index contributed by atoms with van der Waals surface area (Å²) in [6.07, 6.45) is 2.58. The molecule has 2 nitrogen and oxygen atoms in total. The van der Waals surface area contributed by atoms with Gasteiger partial charge in [-0.3, -0.25) is 0 Å². The van der Waals surface area contributed by atoms with Crippen molar-refractivity contribution < 1.29 is 9.31 Å². The highest BCUT2D eigenvalue weighted by Gasteiger charge is 2.52. The van der Waals surface area contributed by atoms with Gasteiger partial charge < -0.3 is 9.31 Å². The predicted octanol–water partition coefficient (Wildman–Crippen LogP) is 3.04. The van der Waals surface area contributed by atoms with Gasteiger partial charge in [0.15, 0.2) is 0 Å². The zero-order valence-electron chi connectivity index (χ0n) is 12.6. The van der Waals surface area contributed by atoms with E-state index in [1.165, 1.54) is 18.4 Å². The fourth-order valence-corrected chi connectivity index (χ4v) is 2.52. The summed E-state index contributed by atoms with van der Waals surface area (Å²) in [6.45, 7) is 10.7. The summed E-state index contributed by atoms with van der Waals surface area (Å²) in [6, 6.07) is 8.72. The van der Waals surface area contributed by atoms with Crippen molar-refractivity contribution in [2.45, 2.75) is 64.1 Å². The second-order valence-corrected chi connectivity index (χ2v) is 7.27. The van der Waals surface area contributed by atoms with Crippen molar-refractivity contribution in [3.63, 3.8) is 0 Å². The maximum absolute atomic E-state index is 6.12. The summed E-state index contributed by atoms with van der Waals surface area (Å²) in [4.78, 5) is 0. The first-order valence-corrected chi connectivity index (χ1v) is 7.20. The fraction of sp³-hybridized carbons (Fsp3) is 0.625. The van der Waals surface area contributed by atoms with Crippen LogP contribution in [0.4, 0.5) is 0 Å². The quantitative estimate of drug-likeness (QED) is 0.759. The van der Waals surface area contributed by atoms with E-state index >= 15 is 0 Å². The lowest BCUT2D eigenvalue weighted by atomic mass is 9.77. The average Bonchev–Trinajstić information content (AvgIpc) is 3.02. The van der Waals surface area contributed by atoms with Crippen molar-refractivity contribution in [3.8, 4) is 0 Å². The van der Waals surface area contributed by atoms with Gasteiger partial charge >= 0.3 is 7.12 Å². The number of benzene rings is 1. The molecule has 102 valence electrons. The SMILES string of the molecule is CC1(c2cccc(B3OC(C)(C)C(C)(C)O3)c2)CC1. The molecule has 0 atom stereocenters. The molecule has 1 aliphatic carbocycles. The largest absolute Gasteiger partial charge is 0.494 e. The topological polar surface area (TPSA) is 18.5 Å². The summed E-state index contributed by atoms with van der Waals surface area (Å²) in [5.74, 6) is 0. The first-order valence-electron chi connectivity index (χ1n) is 7.20. The molecule has 1 aromatic rings.